The molecule has 1 atom stereocenters. The van der Waals surface area contributed by atoms with E-state index in [1.165, 1.54) is 12.1 Å². The van der Waals surface area contributed by atoms with E-state index in [2.05, 4.69) is 10.6 Å². The number of benzene rings is 1. The highest BCUT2D eigenvalue weighted by atomic mass is 16.6. The van der Waals surface area contributed by atoms with Gasteiger partial charge in [-0.05, 0) is 18.1 Å². The van der Waals surface area contributed by atoms with Crippen LogP contribution in [0.4, 0.5) is 17.1 Å². The summed E-state index contributed by atoms with van der Waals surface area (Å²) in [4.78, 5) is 32.6. The number of aliphatic carboxylic acids is 1. The maximum Gasteiger partial charge on any atom is 0.306 e. The number of fused-ring (bicyclic) bond motifs is 1. The minimum atomic E-state index is -0.910. The summed E-state index contributed by atoms with van der Waals surface area (Å²) in [7, 11) is 0. The Kier molecular flexibility index (Phi) is 4.06. The number of rotatable bonds is 6. The van der Waals surface area contributed by atoms with E-state index in [-0.39, 0.29) is 23.7 Å². The molecule has 0 spiro atoms. The van der Waals surface area contributed by atoms with Gasteiger partial charge in [0.15, 0.2) is 0 Å². The Morgan fingerprint density at radius 3 is 2.90 bits per heavy atom. The predicted octanol–water partition coefficient (Wildman–Crippen LogP) is 1.61. The molecule has 1 unspecified atom stereocenters. The molecule has 1 aliphatic rings. The third-order valence-electron chi connectivity index (χ3n) is 3.36. The molecule has 0 saturated heterocycles. The van der Waals surface area contributed by atoms with Gasteiger partial charge in [-0.25, -0.2) is 0 Å². The molecule has 0 fully saturated rings. The molecule has 1 amide bonds. The van der Waals surface area contributed by atoms with Crippen molar-refractivity contribution in [3.8, 4) is 0 Å². The zero-order valence-corrected chi connectivity index (χ0v) is 11.4. The number of carbonyl (C=O) groups is 2. The maximum atomic E-state index is 11.3. The molecule has 0 bridgehead atoms. The second-order valence-corrected chi connectivity index (χ2v) is 4.96. The smallest absolute Gasteiger partial charge is 0.306 e. The van der Waals surface area contributed by atoms with Crippen LogP contribution in [0.3, 0.4) is 0 Å². The van der Waals surface area contributed by atoms with Gasteiger partial charge in [0.1, 0.15) is 5.69 Å². The van der Waals surface area contributed by atoms with Crippen LogP contribution in [0.25, 0.3) is 0 Å². The number of hydrogen-bond acceptors (Lipinski definition) is 5. The fraction of sp³-hybridized carbons (Fsp3) is 0.385. The lowest BCUT2D eigenvalue weighted by Crippen LogP contribution is -2.15. The number of carbonyl (C=O) groups excluding carboxylic acids is 1. The van der Waals surface area contributed by atoms with Gasteiger partial charge in [-0.3, -0.25) is 19.7 Å². The summed E-state index contributed by atoms with van der Waals surface area (Å²) in [5, 5.41) is 25.4. The highest BCUT2D eigenvalue weighted by Gasteiger charge is 2.24. The van der Waals surface area contributed by atoms with Crippen LogP contribution in [-0.2, 0) is 16.0 Å². The Hall–Kier alpha value is -2.64. The second kappa shape index (κ2) is 5.78. The summed E-state index contributed by atoms with van der Waals surface area (Å²) >= 11 is 0. The lowest BCUT2D eigenvalue weighted by atomic mass is 10.1. The van der Waals surface area contributed by atoms with E-state index < -0.39 is 16.8 Å². The number of carboxylic acids is 1. The fourth-order valence-corrected chi connectivity index (χ4v) is 2.10. The van der Waals surface area contributed by atoms with Crippen LogP contribution in [0.1, 0.15) is 18.9 Å². The molecule has 1 aliphatic heterocycles. The SMILES string of the molecule is CC(CCNc1cc2c(cc1[N+](=O)[O-])CC(=O)N2)C(=O)O. The lowest BCUT2D eigenvalue weighted by molar-refractivity contribution is -0.384. The third kappa shape index (κ3) is 3.28. The maximum absolute atomic E-state index is 11.3. The average molecular weight is 293 g/mol. The van der Waals surface area contributed by atoms with Crippen LogP contribution in [0.15, 0.2) is 12.1 Å². The first-order chi connectivity index (χ1) is 9.88. The Morgan fingerprint density at radius 1 is 1.57 bits per heavy atom. The van der Waals surface area contributed by atoms with Crippen LogP contribution >= 0.6 is 0 Å². The molecule has 1 heterocycles. The van der Waals surface area contributed by atoms with E-state index in [0.717, 1.165) is 0 Å². The van der Waals surface area contributed by atoms with Crippen molar-refractivity contribution in [2.45, 2.75) is 19.8 Å². The summed E-state index contributed by atoms with van der Waals surface area (Å²) in [6, 6.07) is 2.89. The summed E-state index contributed by atoms with van der Waals surface area (Å²) < 4.78 is 0. The number of nitrogens with zero attached hydrogens (tertiary/aromatic N) is 1. The molecule has 1 aromatic carbocycles. The number of carboxylic acid groups (broad SMARTS) is 1. The van der Waals surface area contributed by atoms with Gasteiger partial charge in [0, 0.05) is 18.3 Å². The van der Waals surface area contributed by atoms with Gasteiger partial charge in [-0.15, -0.1) is 0 Å². The number of anilines is 2. The molecule has 3 N–H and O–H groups in total. The standard InChI is InChI=1S/C13H15N3O5/c1-7(13(18)19)2-3-14-10-6-9-8(5-12(17)15-9)4-11(10)16(20)21/h4,6-7,14H,2-3,5H2,1H3,(H,15,17)(H,18,19). The zero-order valence-electron chi connectivity index (χ0n) is 11.4. The minimum absolute atomic E-state index is 0.117. The summed E-state index contributed by atoms with van der Waals surface area (Å²) in [5.41, 5.74) is 1.31. The number of nitro benzene ring substituents is 1. The zero-order chi connectivity index (χ0) is 15.6. The first kappa shape index (κ1) is 14.8. The quantitative estimate of drug-likeness (QED) is 0.541. The number of nitro groups is 1. The van der Waals surface area contributed by atoms with E-state index in [1.54, 1.807) is 6.92 Å². The van der Waals surface area contributed by atoms with Crippen molar-refractivity contribution in [1.82, 2.24) is 0 Å². The molecule has 0 saturated carbocycles. The largest absolute Gasteiger partial charge is 0.481 e. The topological polar surface area (TPSA) is 122 Å². The van der Waals surface area contributed by atoms with Crippen molar-refractivity contribution in [3.63, 3.8) is 0 Å². The van der Waals surface area contributed by atoms with Gasteiger partial charge in [0.25, 0.3) is 5.69 Å². The third-order valence-corrected chi connectivity index (χ3v) is 3.36. The molecule has 112 valence electrons. The molecule has 0 radical (unpaired) electrons. The summed E-state index contributed by atoms with van der Waals surface area (Å²) in [5.74, 6) is -1.64. The highest BCUT2D eigenvalue weighted by molar-refractivity contribution is 6.00. The predicted molar refractivity (Wildman–Crippen MR) is 75.3 cm³/mol. The molecular weight excluding hydrogens is 278 g/mol. The van der Waals surface area contributed by atoms with Crippen molar-refractivity contribution in [1.29, 1.82) is 0 Å². The van der Waals surface area contributed by atoms with Crippen LogP contribution in [0.2, 0.25) is 0 Å². The number of hydrogen-bond donors (Lipinski definition) is 3. The van der Waals surface area contributed by atoms with Crippen molar-refractivity contribution in [2.24, 2.45) is 5.92 Å². The summed E-state index contributed by atoms with van der Waals surface area (Å²) in [6.07, 6.45) is 0.475. The lowest BCUT2D eigenvalue weighted by Gasteiger charge is -2.10. The van der Waals surface area contributed by atoms with Crippen molar-refractivity contribution in [2.75, 3.05) is 17.2 Å². The van der Waals surface area contributed by atoms with Crippen LogP contribution in [0, 0.1) is 16.0 Å². The number of amides is 1. The normalized spacial score (nSPS) is 14.2. The van der Waals surface area contributed by atoms with E-state index >= 15 is 0 Å². The summed E-state index contributed by atoms with van der Waals surface area (Å²) in [6.45, 7) is 1.86. The van der Waals surface area contributed by atoms with Gasteiger partial charge in [0.05, 0.1) is 17.3 Å². The second-order valence-electron chi connectivity index (χ2n) is 4.96. The Bertz CT molecular complexity index is 614. The molecule has 0 aliphatic carbocycles. The van der Waals surface area contributed by atoms with E-state index in [0.29, 0.717) is 24.2 Å². The first-order valence-electron chi connectivity index (χ1n) is 6.46. The molecular formula is C13H15N3O5. The van der Waals surface area contributed by atoms with Crippen molar-refractivity contribution in [3.05, 3.63) is 27.8 Å². The van der Waals surface area contributed by atoms with Gasteiger partial charge < -0.3 is 15.7 Å². The Morgan fingerprint density at radius 2 is 2.29 bits per heavy atom. The monoisotopic (exact) mass is 293 g/mol. The van der Waals surface area contributed by atoms with E-state index in [9.17, 15) is 19.7 Å². The molecule has 8 nitrogen and oxygen atoms in total. The van der Waals surface area contributed by atoms with Gasteiger partial charge >= 0.3 is 5.97 Å². The highest BCUT2D eigenvalue weighted by Crippen LogP contribution is 2.34. The van der Waals surface area contributed by atoms with Gasteiger partial charge in [0.2, 0.25) is 5.91 Å². The van der Waals surface area contributed by atoms with E-state index in [1.807, 2.05) is 0 Å². The van der Waals surface area contributed by atoms with Crippen molar-refractivity contribution >= 4 is 28.9 Å². The minimum Gasteiger partial charge on any atom is -0.481 e. The number of nitrogens with one attached hydrogen (secondary N) is 2. The van der Waals surface area contributed by atoms with Gasteiger partial charge in [-0.1, -0.05) is 6.92 Å². The van der Waals surface area contributed by atoms with Crippen LogP contribution < -0.4 is 10.6 Å². The average Bonchev–Trinajstić information content (AvgIpc) is 2.76. The molecule has 8 heteroatoms. The molecule has 0 aromatic heterocycles. The van der Waals surface area contributed by atoms with Crippen molar-refractivity contribution < 1.29 is 19.6 Å². The molecule has 1 aromatic rings. The first-order valence-corrected chi connectivity index (χ1v) is 6.46. The Balaban J connectivity index is 2.15. The Labute approximate surface area is 120 Å². The van der Waals surface area contributed by atoms with Gasteiger partial charge in [-0.2, -0.15) is 0 Å². The van der Waals surface area contributed by atoms with E-state index in [4.69, 9.17) is 5.11 Å². The molecule has 2 rings (SSSR count). The fourth-order valence-electron chi connectivity index (χ4n) is 2.10. The molecule has 21 heavy (non-hydrogen) atoms. The van der Waals surface area contributed by atoms with Crippen LogP contribution in [-0.4, -0.2) is 28.5 Å². The van der Waals surface area contributed by atoms with Crippen LogP contribution in [0.5, 0.6) is 0 Å².